The fraction of sp³-hybridized carbons (Fsp3) is 0.929. The molecular formula is C28H46. The molecule has 9 unspecified atom stereocenters. The van der Waals surface area contributed by atoms with Gasteiger partial charge in [-0.25, -0.2) is 0 Å². The van der Waals surface area contributed by atoms with Crippen molar-refractivity contribution in [2.24, 2.45) is 57.2 Å². The predicted octanol–water partition coefficient (Wildman–Crippen LogP) is 8.27. The van der Waals surface area contributed by atoms with E-state index in [1.807, 2.05) is 13.8 Å². The SMILES string of the molecule is C=CC12CCCC1C1CCC3C4(CCC5C(C)(C)C(C)CCC534)C1CC2.CC. The van der Waals surface area contributed by atoms with Crippen LogP contribution in [-0.2, 0) is 0 Å². The van der Waals surface area contributed by atoms with E-state index < -0.39 is 0 Å². The van der Waals surface area contributed by atoms with Crippen LogP contribution >= 0.6 is 0 Å². The van der Waals surface area contributed by atoms with Gasteiger partial charge in [-0.2, -0.15) is 0 Å². The zero-order valence-corrected chi connectivity index (χ0v) is 19.5. The summed E-state index contributed by atoms with van der Waals surface area (Å²) in [5.41, 5.74) is 2.72. The number of hydrogen-bond acceptors (Lipinski definition) is 0. The second-order valence-corrected chi connectivity index (χ2v) is 12.3. The molecule has 0 N–H and O–H groups in total. The zero-order valence-electron chi connectivity index (χ0n) is 19.5. The molecule has 2 spiro atoms. The maximum absolute atomic E-state index is 4.34. The molecule has 6 aliphatic rings. The minimum atomic E-state index is 0.547. The Morgan fingerprint density at radius 3 is 2.25 bits per heavy atom. The first-order chi connectivity index (χ1) is 13.4. The van der Waals surface area contributed by atoms with Crippen LogP contribution in [0.1, 0.15) is 105 Å². The highest BCUT2D eigenvalue weighted by molar-refractivity contribution is 5.34. The predicted molar refractivity (Wildman–Crippen MR) is 120 cm³/mol. The third-order valence-electron chi connectivity index (χ3n) is 12.4. The Hall–Kier alpha value is -0.260. The summed E-state index contributed by atoms with van der Waals surface area (Å²) in [5.74, 6) is 6.24. The number of rotatable bonds is 1. The van der Waals surface area contributed by atoms with Gasteiger partial charge in [0, 0.05) is 0 Å². The molecule has 158 valence electrons. The monoisotopic (exact) mass is 382 g/mol. The molecule has 0 amide bonds. The van der Waals surface area contributed by atoms with Crippen molar-refractivity contribution in [1.82, 2.24) is 0 Å². The van der Waals surface area contributed by atoms with Gasteiger partial charge >= 0.3 is 0 Å². The van der Waals surface area contributed by atoms with Crippen molar-refractivity contribution in [3.05, 3.63) is 12.7 Å². The Morgan fingerprint density at radius 2 is 1.50 bits per heavy atom. The quantitative estimate of drug-likeness (QED) is 0.400. The highest BCUT2D eigenvalue weighted by Gasteiger charge is 2.86. The van der Waals surface area contributed by atoms with E-state index in [9.17, 15) is 0 Å². The molecule has 0 radical (unpaired) electrons. The highest BCUT2D eigenvalue weighted by Crippen LogP contribution is 2.92. The lowest BCUT2D eigenvalue weighted by molar-refractivity contribution is -0.0226. The lowest BCUT2D eigenvalue weighted by atomic mass is 9.52. The molecule has 0 nitrogen and oxygen atoms in total. The van der Waals surface area contributed by atoms with Gasteiger partial charge in [-0.05, 0) is 121 Å². The van der Waals surface area contributed by atoms with Crippen molar-refractivity contribution in [2.45, 2.75) is 105 Å². The molecule has 0 bridgehead atoms. The molecule has 6 aliphatic carbocycles. The molecule has 9 atom stereocenters. The van der Waals surface area contributed by atoms with Gasteiger partial charge < -0.3 is 0 Å². The summed E-state index contributed by atoms with van der Waals surface area (Å²) in [6.45, 7) is 16.2. The van der Waals surface area contributed by atoms with E-state index >= 15 is 0 Å². The van der Waals surface area contributed by atoms with E-state index in [0.717, 1.165) is 46.3 Å². The van der Waals surface area contributed by atoms with Crippen molar-refractivity contribution in [3.8, 4) is 0 Å². The maximum atomic E-state index is 4.34. The third kappa shape index (κ3) is 1.96. The minimum absolute atomic E-state index is 0.547. The van der Waals surface area contributed by atoms with Crippen LogP contribution in [0.3, 0.4) is 0 Å². The van der Waals surface area contributed by atoms with Crippen LogP contribution in [-0.4, -0.2) is 0 Å². The normalized spacial score (nSPS) is 57.5. The van der Waals surface area contributed by atoms with Crippen molar-refractivity contribution >= 4 is 0 Å². The largest absolute Gasteiger partial charge is 0.103 e. The van der Waals surface area contributed by atoms with E-state index in [1.165, 1.54) is 32.1 Å². The van der Waals surface area contributed by atoms with Crippen molar-refractivity contribution in [3.63, 3.8) is 0 Å². The third-order valence-corrected chi connectivity index (χ3v) is 12.4. The molecule has 0 saturated heterocycles. The van der Waals surface area contributed by atoms with Crippen molar-refractivity contribution in [1.29, 1.82) is 0 Å². The van der Waals surface area contributed by atoms with Crippen molar-refractivity contribution in [2.75, 3.05) is 0 Å². The first kappa shape index (κ1) is 19.7. The molecule has 6 fully saturated rings. The van der Waals surface area contributed by atoms with Crippen LogP contribution < -0.4 is 0 Å². The maximum Gasteiger partial charge on any atom is -0.00898 e. The van der Waals surface area contributed by atoms with Gasteiger partial charge in [0.2, 0.25) is 0 Å². The Labute approximate surface area is 175 Å². The lowest BCUT2D eigenvalue weighted by Gasteiger charge is -2.52. The minimum Gasteiger partial charge on any atom is -0.103 e. The van der Waals surface area contributed by atoms with E-state index in [4.69, 9.17) is 0 Å². The number of allylic oxidation sites excluding steroid dienone is 1. The molecule has 0 aromatic rings. The van der Waals surface area contributed by atoms with Crippen LogP contribution in [0.2, 0.25) is 0 Å². The molecule has 6 rings (SSSR count). The van der Waals surface area contributed by atoms with Gasteiger partial charge in [0.1, 0.15) is 0 Å². The Kier molecular flexibility index (Phi) is 4.31. The van der Waals surface area contributed by atoms with Crippen LogP contribution in [0.25, 0.3) is 0 Å². The summed E-state index contributed by atoms with van der Waals surface area (Å²) in [6.07, 6.45) is 19.4. The summed E-state index contributed by atoms with van der Waals surface area (Å²) >= 11 is 0. The summed E-state index contributed by atoms with van der Waals surface area (Å²) in [4.78, 5) is 0. The Morgan fingerprint density at radius 1 is 0.750 bits per heavy atom. The van der Waals surface area contributed by atoms with Crippen molar-refractivity contribution < 1.29 is 0 Å². The Bertz CT molecular complexity index is 644. The number of fused-ring (bicyclic) bond motifs is 3. The van der Waals surface area contributed by atoms with Gasteiger partial charge in [-0.15, -0.1) is 6.58 Å². The molecule has 0 aromatic heterocycles. The van der Waals surface area contributed by atoms with Gasteiger partial charge in [-0.3, -0.25) is 0 Å². The smallest absolute Gasteiger partial charge is 0.00898 e. The zero-order chi connectivity index (χ0) is 19.9. The molecule has 28 heavy (non-hydrogen) atoms. The summed E-state index contributed by atoms with van der Waals surface area (Å²) in [5, 5.41) is 0. The van der Waals surface area contributed by atoms with Crippen LogP contribution in [0.15, 0.2) is 12.7 Å². The van der Waals surface area contributed by atoms with E-state index in [-0.39, 0.29) is 0 Å². The second kappa shape index (κ2) is 6.13. The van der Waals surface area contributed by atoms with Gasteiger partial charge in [-0.1, -0.05) is 47.1 Å². The number of hydrogen-bond donors (Lipinski definition) is 0. The summed E-state index contributed by atoms with van der Waals surface area (Å²) in [7, 11) is 0. The highest BCUT2D eigenvalue weighted by atomic mass is 14.9. The average Bonchev–Trinajstić information content (AvgIpc) is 3.02. The van der Waals surface area contributed by atoms with Gasteiger partial charge in [0.25, 0.3) is 0 Å². The van der Waals surface area contributed by atoms with Crippen LogP contribution in [0.4, 0.5) is 0 Å². The van der Waals surface area contributed by atoms with E-state index in [0.29, 0.717) is 10.8 Å². The lowest BCUT2D eigenvalue weighted by Crippen LogP contribution is -2.45. The topological polar surface area (TPSA) is 0 Å². The molecule has 0 heterocycles. The van der Waals surface area contributed by atoms with Crippen LogP contribution in [0, 0.1) is 57.2 Å². The first-order valence-electron chi connectivity index (χ1n) is 13.1. The molecule has 6 saturated carbocycles. The molecule has 0 aliphatic heterocycles. The van der Waals surface area contributed by atoms with Gasteiger partial charge in [0.05, 0.1) is 0 Å². The molecular weight excluding hydrogens is 336 g/mol. The van der Waals surface area contributed by atoms with Crippen LogP contribution in [0.5, 0.6) is 0 Å². The second-order valence-electron chi connectivity index (χ2n) is 12.3. The average molecular weight is 383 g/mol. The Balaban J connectivity index is 0.000000829. The standard InChI is InChI=1S/C26H40.C2H6/c1-5-24-13-6-7-19(24)18-8-9-22-25(20(18)11-14-24)16-12-21-23(3,4)17(2)10-15-26(21,22)25;1-2/h5,17-22H,1,6-16H2,2-4H3;1-2H3. The molecule has 0 heteroatoms. The van der Waals surface area contributed by atoms with Gasteiger partial charge in [0.15, 0.2) is 0 Å². The fourth-order valence-corrected chi connectivity index (χ4v) is 11.2. The van der Waals surface area contributed by atoms with E-state index in [1.54, 1.807) is 38.5 Å². The fourth-order valence-electron chi connectivity index (χ4n) is 11.2. The first-order valence-corrected chi connectivity index (χ1v) is 13.1. The summed E-state index contributed by atoms with van der Waals surface area (Å²) < 4.78 is 0. The summed E-state index contributed by atoms with van der Waals surface area (Å²) in [6, 6.07) is 0. The molecule has 0 aromatic carbocycles. The van der Waals surface area contributed by atoms with E-state index in [2.05, 4.69) is 33.4 Å².